The van der Waals surface area contributed by atoms with Crippen LogP contribution in [0, 0.1) is 6.92 Å². The first-order valence-corrected chi connectivity index (χ1v) is 6.27. The zero-order valence-electron chi connectivity index (χ0n) is 11.6. The third-order valence-electron chi connectivity index (χ3n) is 3.14. The van der Waals surface area contributed by atoms with Gasteiger partial charge in [-0.15, -0.1) is 0 Å². The van der Waals surface area contributed by atoms with Gasteiger partial charge in [0.05, 0.1) is 25.3 Å². The highest BCUT2D eigenvalue weighted by atomic mass is 16.5. The fraction of sp³-hybridized carbons (Fsp3) is 0.200. The molecule has 0 atom stereocenters. The Kier molecular flexibility index (Phi) is 3.02. The van der Waals surface area contributed by atoms with Crippen LogP contribution in [0.5, 0.6) is 11.6 Å². The third-order valence-corrected chi connectivity index (χ3v) is 3.14. The number of rotatable bonds is 3. The van der Waals surface area contributed by atoms with Crippen LogP contribution in [0.15, 0.2) is 30.3 Å². The molecule has 3 aromatic rings. The number of imidazole rings is 1. The van der Waals surface area contributed by atoms with E-state index >= 15 is 0 Å². The van der Waals surface area contributed by atoms with Crippen molar-refractivity contribution < 1.29 is 9.47 Å². The Labute approximate surface area is 116 Å². The van der Waals surface area contributed by atoms with Gasteiger partial charge in [-0.05, 0) is 25.1 Å². The van der Waals surface area contributed by atoms with Crippen LogP contribution in [0.25, 0.3) is 22.6 Å². The summed E-state index contributed by atoms with van der Waals surface area (Å²) >= 11 is 0. The first kappa shape index (κ1) is 12.5. The van der Waals surface area contributed by atoms with E-state index in [1.807, 2.05) is 31.2 Å². The number of methoxy groups -OCH3 is 2. The molecular weight excluding hydrogens is 254 g/mol. The molecule has 2 heterocycles. The highest BCUT2D eigenvalue weighted by Crippen LogP contribution is 2.30. The molecule has 0 amide bonds. The maximum Gasteiger partial charge on any atom is 0.215 e. The molecule has 0 aliphatic heterocycles. The number of hydrogen-bond acceptors (Lipinski definition) is 4. The maximum atomic E-state index is 5.39. The van der Waals surface area contributed by atoms with E-state index in [-0.39, 0.29) is 0 Å². The molecule has 0 radical (unpaired) electrons. The van der Waals surface area contributed by atoms with E-state index in [1.54, 1.807) is 20.3 Å². The van der Waals surface area contributed by atoms with E-state index in [4.69, 9.17) is 9.47 Å². The summed E-state index contributed by atoms with van der Waals surface area (Å²) in [6, 6.07) is 9.68. The van der Waals surface area contributed by atoms with Gasteiger partial charge in [-0.25, -0.2) is 4.98 Å². The molecule has 20 heavy (non-hydrogen) atoms. The number of aryl methyl sites for hydroxylation is 1. The molecule has 0 aliphatic carbocycles. The Hall–Kier alpha value is -2.56. The van der Waals surface area contributed by atoms with Crippen LogP contribution < -0.4 is 9.47 Å². The summed E-state index contributed by atoms with van der Waals surface area (Å²) in [5, 5.41) is 0. The van der Waals surface area contributed by atoms with Crippen molar-refractivity contribution in [1.29, 1.82) is 0 Å². The molecule has 1 aromatic carbocycles. The van der Waals surface area contributed by atoms with Crippen molar-refractivity contribution in [2.45, 2.75) is 6.92 Å². The van der Waals surface area contributed by atoms with Crippen molar-refractivity contribution >= 4 is 11.2 Å². The van der Waals surface area contributed by atoms with Crippen LogP contribution in [-0.2, 0) is 0 Å². The predicted octanol–water partition coefficient (Wildman–Crippen LogP) is 2.95. The van der Waals surface area contributed by atoms with Crippen molar-refractivity contribution in [3.63, 3.8) is 0 Å². The largest absolute Gasteiger partial charge is 0.496 e. The molecule has 3 rings (SSSR count). The topological polar surface area (TPSA) is 60.0 Å². The number of nitrogens with zero attached hydrogens (tertiary/aromatic N) is 2. The Morgan fingerprint density at radius 1 is 1.00 bits per heavy atom. The van der Waals surface area contributed by atoms with Crippen molar-refractivity contribution in [2.24, 2.45) is 0 Å². The molecule has 0 fully saturated rings. The van der Waals surface area contributed by atoms with Crippen LogP contribution in [0.4, 0.5) is 0 Å². The van der Waals surface area contributed by atoms with Gasteiger partial charge in [0.1, 0.15) is 11.6 Å². The minimum absolute atomic E-state index is 0.548. The first-order chi connectivity index (χ1) is 9.71. The van der Waals surface area contributed by atoms with Gasteiger partial charge in [0, 0.05) is 6.07 Å². The van der Waals surface area contributed by atoms with Crippen molar-refractivity contribution in [2.75, 3.05) is 14.2 Å². The molecule has 0 aliphatic rings. The highest BCUT2D eigenvalue weighted by molar-refractivity contribution is 5.78. The van der Waals surface area contributed by atoms with E-state index in [9.17, 15) is 0 Å². The average Bonchev–Trinajstić information content (AvgIpc) is 2.89. The number of nitrogens with one attached hydrogen (secondary N) is 1. The molecule has 1 N–H and O–H groups in total. The van der Waals surface area contributed by atoms with Gasteiger partial charge in [-0.2, -0.15) is 4.98 Å². The van der Waals surface area contributed by atoms with Gasteiger partial charge in [-0.3, -0.25) is 0 Å². The van der Waals surface area contributed by atoms with Crippen LogP contribution in [-0.4, -0.2) is 29.2 Å². The molecule has 0 saturated carbocycles. The number of fused-ring (bicyclic) bond motifs is 1. The van der Waals surface area contributed by atoms with Crippen LogP contribution in [0.2, 0.25) is 0 Å². The fourth-order valence-electron chi connectivity index (χ4n) is 2.12. The lowest BCUT2D eigenvalue weighted by molar-refractivity contribution is 0.399. The van der Waals surface area contributed by atoms with Gasteiger partial charge in [0.25, 0.3) is 0 Å². The van der Waals surface area contributed by atoms with Gasteiger partial charge in [0.2, 0.25) is 5.88 Å². The first-order valence-electron chi connectivity index (χ1n) is 6.27. The second-order valence-electron chi connectivity index (χ2n) is 4.51. The number of aromatic nitrogens is 3. The molecule has 5 nitrogen and oxygen atoms in total. The molecular formula is C15H15N3O2. The van der Waals surface area contributed by atoms with Gasteiger partial charge >= 0.3 is 0 Å². The summed E-state index contributed by atoms with van der Waals surface area (Å²) in [5.74, 6) is 2.06. The number of pyridine rings is 1. The van der Waals surface area contributed by atoms with E-state index in [2.05, 4.69) is 15.0 Å². The van der Waals surface area contributed by atoms with Crippen LogP contribution in [0.3, 0.4) is 0 Å². The van der Waals surface area contributed by atoms with Gasteiger partial charge in [0.15, 0.2) is 5.65 Å². The van der Waals surface area contributed by atoms with E-state index in [1.165, 1.54) is 0 Å². The Bertz CT molecular complexity index is 765. The average molecular weight is 269 g/mol. The van der Waals surface area contributed by atoms with E-state index < -0.39 is 0 Å². The second-order valence-corrected chi connectivity index (χ2v) is 4.51. The lowest BCUT2D eigenvalue weighted by Crippen LogP contribution is -1.90. The number of aromatic amines is 1. The standard InChI is InChI=1S/C15H15N3O2/c1-9-4-6-12(19-2)10(8-9)14-16-11-5-7-13(20-3)17-15(11)18-14/h4-8H,1-3H3,(H,16,17,18). The monoisotopic (exact) mass is 269 g/mol. The van der Waals surface area contributed by atoms with Crippen LogP contribution in [0.1, 0.15) is 5.56 Å². The smallest absolute Gasteiger partial charge is 0.215 e. The summed E-state index contributed by atoms with van der Waals surface area (Å²) in [7, 11) is 3.24. The summed E-state index contributed by atoms with van der Waals surface area (Å²) in [6.07, 6.45) is 0. The molecule has 2 aromatic heterocycles. The normalized spacial score (nSPS) is 10.8. The maximum absolute atomic E-state index is 5.39. The number of benzene rings is 1. The van der Waals surface area contributed by atoms with Crippen molar-refractivity contribution in [3.8, 4) is 23.0 Å². The van der Waals surface area contributed by atoms with Gasteiger partial charge in [-0.1, -0.05) is 11.6 Å². The van der Waals surface area contributed by atoms with Crippen molar-refractivity contribution in [3.05, 3.63) is 35.9 Å². The molecule has 5 heteroatoms. The minimum Gasteiger partial charge on any atom is -0.496 e. The zero-order valence-corrected chi connectivity index (χ0v) is 11.6. The summed E-state index contributed by atoms with van der Waals surface area (Å²) in [6.45, 7) is 2.03. The summed E-state index contributed by atoms with van der Waals surface area (Å²) < 4.78 is 10.5. The SMILES string of the molecule is COc1ccc2[nH]c(-c3cc(C)ccc3OC)nc2n1. The van der Waals surface area contributed by atoms with E-state index in [0.29, 0.717) is 11.5 Å². The molecule has 102 valence electrons. The lowest BCUT2D eigenvalue weighted by atomic mass is 10.1. The molecule has 0 unspecified atom stereocenters. The summed E-state index contributed by atoms with van der Waals surface area (Å²) in [5.41, 5.74) is 3.56. The summed E-state index contributed by atoms with van der Waals surface area (Å²) in [4.78, 5) is 12.1. The number of hydrogen-bond donors (Lipinski definition) is 1. The molecule has 0 spiro atoms. The van der Waals surface area contributed by atoms with Crippen LogP contribution >= 0.6 is 0 Å². The zero-order chi connectivity index (χ0) is 14.1. The molecule has 0 bridgehead atoms. The van der Waals surface area contributed by atoms with Gasteiger partial charge < -0.3 is 14.5 Å². The fourth-order valence-corrected chi connectivity index (χ4v) is 2.12. The quantitative estimate of drug-likeness (QED) is 0.794. The molecule has 0 saturated heterocycles. The lowest BCUT2D eigenvalue weighted by Gasteiger charge is -2.06. The highest BCUT2D eigenvalue weighted by Gasteiger charge is 2.12. The Morgan fingerprint density at radius 2 is 1.85 bits per heavy atom. The third kappa shape index (κ3) is 2.07. The van der Waals surface area contributed by atoms with E-state index in [0.717, 1.165) is 28.2 Å². The Balaban J connectivity index is 2.17. The number of ether oxygens (including phenoxy) is 2. The minimum atomic E-state index is 0.548. The number of H-pyrrole nitrogens is 1. The van der Waals surface area contributed by atoms with Crippen molar-refractivity contribution in [1.82, 2.24) is 15.0 Å². The second kappa shape index (κ2) is 4.85. The Morgan fingerprint density at radius 3 is 2.60 bits per heavy atom. The predicted molar refractivity (Wildman–Crippen MR) is 77.2 cm³/mol.